The molecule has 2 saturated heterocycles. The van der Waals surface area contributed by atoms with Gasteiger partial charge >= 0.3 is 0 Å². The normalized spacial score (nSPS) is 27.8. The third-order valence-corrected chi connectivity index (χ3v) is 6.39. The second-order valence-electron chi connectivity index (χ2n) is 8.34. The van der Waals surface area contributed by atoms with E-state index in [0.29, 0.717) is 25.2 Å². The number of nitrogens with zero attached hydrogens (tertiary/aromatic N) is 4. The molecule has 3 fully saturated rings. The molecule has 0 radical (unpaired) electrons. The van der Waals surface area contributed by atoms with Crippen LogP contribution in [0.25, 0.3) is 0 Å². The summed E-state index contributed by atoms with van der Waals surface area (Å²) in [5, 5.41) is 6.99. The lowest BCUT2D eigenvalue weighted by atomic mass is 9.86. The Kier molecular flexibility index (Phi) is 4.50. The molecular formula is C19H29N5O2. The summed E-state index contributed by atoms with van der Waals surface area (Å²) in [5.74, 6) is 0.999. The summed E-state index contributed by atoms with van der Waals surface area (Å²) in [6.07, 6.45) is 4.87. The Morgan fingerprint density at radius 3 is 2.81 bits per heavy atom. The van der Waals surface area contributed by atoms with Gasteiger partial charge in [-0.05, 0) is 51.6 Å². The molecule has 3 aliphatic rings. The number of likely N-dealkylation sites (tertiary alicyclic amines) is 1. The van der Waals surface area contributed by atoms with Crippen LogP contribution in [0.15, 0.2) is 6.07 Å². The summed E-state index contributed by atoms with van der Waals surface area (Å²) in [6, 6.07) is 1.81. The lowest BCUT2D eigenvalue weighted by molar-refractivity contribution is -0.130. The number of nitrogens with one attached hydrogen (secondary N) is 1. The van der Waals surface area contributed by atoms with Gasteiger partial charge in [0.2, 0.25) is 5.91 Å². The van der Waals surface area contributed by atoms with Crippen LogP contribution in [0.4, 0.5) is 0 Å². The van der Waals surface area contributed by atoms with Gasteiger partial charge in [-0.25, -0.2) is 0 Å². The predicted octanol–water partition coefficient (Wildman–Crippen LogP) is 1.27. The van der Waals surface area contributed by atoms with Crippen molar-refractivity contribution in [3.8, 4) is 0 Å². The first-order valence-electron chi connectivity index (χ1n) is 9.77. The number of piperazine rings is 1. The maximum Gasteiger partial charge on any atom is 0.274 e. The third kappa shape index (κ3) is 3.37. The van der Waals surface area contributed by atoms with Crippen molar-refractivity contribution in [3.05, 3.63) is 17.5 Å². The average molecular weight is 359 g/mol. The molecule has 1 spiro atoms. The van der Waals surface area contributed by atoms with Crippen molar-refractivity contribution < 1.29 is 9.59 Å². The monoisotopic (exact) mass is 359 g/mol. The van der Waals surface area contributed by atoms with Crippen LogP contribution in [0.3, 0.4) is 0 Å². The Bertz CT molecular complexity index is 698. The second kappa shape index (κ2) is 6.68. The van der Waals surface area contributed by atoms with Crippen LogP contribution in [0.5, 0.6) is 0 Å². The number of hydrogen-bond donors (Lipinski definition) is 1. The molecule has 1 saturated carbocycles. The number of hydrogen-bond acceptors (Lipinski definition) is 4. The fraction of sp³-hybridized carbons (Fsp3) is 0.737. The smallest absolute Gasteiger partial charge is 0.274 e. The molecule has 1 aliphatic carbocycles. The molecule has 1 aromatic heterocycles. The molecule has 3 heterocycles. The van der Waals surface area contributed by atoms with Gasteiger partial charge in [0.15, 0.2) is 0 Å². The Morgan fingerprint density at radius 1 is 1.31 bits per heavy atom. The Morgan fingerprint density at radius 2 is 2.12 bits per heavy atom. The summed E-state index contributed by atoms with van der Waals surface area (Å²) < 4.78 is 0. The van der Waals surface area contributed by atoms with Crippen molar-refractivity contribution in [1.29, 1.82) is 0 Å². The van der Waals surface area contributed by atoms with E-state index in [2.05, 4.69) is 27.0 Å². The number of rotatable bonds is 3. The first-order valence-corrected chi connectivity index (χ1v) is 9.77. The molecular weight excluding hydrogens is 330 g/mol. The SMILES string of the molecule is Cc1cc(C(=O)N2CCN(C)[C@]3(CCC(=O)N(CC4CC4)CC3)C2)n[nH]1. The van der Waals surface area contributed by atoms with E-state index in [9.17, 15) is 9.59 Å². The number of amides is 2. The number of carbonyl (C=O) groups excluding carboxylic acids is 2. The minimum Gasteiger partial charge on any atom is -0.342 e. The van der Waals surface area contributed by atoms with E-state index >= 15 is 0 Å². The molecule has 0 unspecified atom stereocenters. The van der Waals surface area contributed by atoms with Crippen LogP contribution in [-0.2, 0) is 4.79 Å². The molecule has 4 rings (SSSR count). The van der Waals surface area contributed by atoms with Crippen LogP contribution in [0.2, 0.25) is 0 Å². The lowest BCUT2D eigenvalue weighted by Gasteiger charge is -2.49. The Labute approximate surface area is 154 Å². The number of aromatic amines is 1. The highest BCUT2D eigenvalue weighted by molar-refractivity contribution is 5.92. The van der Waals surface area contributed by atoms with Crippen LogP contribution < -0.4 is 0 Å². The number of likely N-dealkylation sites (N-methyl/N-ethyl adjacent to an activating group) is 1. The van der Waals surface area contributed by atoms with E-state index in [1.54, 1.807) is 6.07 Å². The molecule has 0 bridgehead atoms. The van der Waals surface area contributed by atoms with Gasteiger partial charge in [0.1, 0.15) is 5.69 Å². The van der Waals surface area contributed by atoms with Crippen molar-refractivity contribution in [2.45, 2.75) is 44.6 Å². The average Bonchev–Trinajstić information content (AvgIpc) is 3.37. The quantitative estimate of drug-likeness (QED) is 0.882. The van der Waals surface area contributed by atoms with Gasteiger partial charge in [-0.3, -0.25) is 19.6 Å². The second-order valence-corrected chi connectivity index (χ2v) is 8.34. The van der Waals surface area contributed by atoms with Crippen LogP contribution in [0.1, 0.15) is 48.3 Å². The summed E-state index contributed by atoms with van der Waals surface area (Å²) >= 11 is 0. The van der Waals surface area contributed by atoms with E-state index in [4.69, 9.17) is 0 Å². The van der Waals surface area contributed by atoms with E-state index in [0.717, 1.165) is 44.1 Å². The molecule has 142 valence electrons. The van der Waals surface area contributed by atoms with Crippen LogP contribution >= 0.6 is 0 Å². The zero-order valence-corrected chi connectivity index (χ0v) is 15.8. The van der Waals surface area contributed by atoms with E-state index < -0.39 is 0 Å². The van der Waals surface area contributed by atoms with Crippen molar-refractivity contribution in [3.63, 3.8) is 0 Å². The summed E-state index contributed by atoms with van der Waals surface area (Å²) in [7, 11) is 2.14. The van der Waals surface area contributed by atoms with Crippen LogP contribution in [0, 0.1) is 12.8 Å². The minimum absolute atomic E-state index is 0.00719. The van der Waals surface area contributed by atoms with Crippen molar-refractivity contribution in [2.24, 2.45) is 5.92 Å². The minimum atomic E-state index is -0.104. The summed E-state index contributed by atoms with van der Waals surface area (Å²) in [4.78, 5) is 31.8. The molecule has 1 aromatic rings. The van der Waals surface area contributed by atoms with Crippen molar-refractivity contribution >= 4 is 11.8 Å². The van der Waals surface area contributed by atoms with E-state index in [1.165, 1.54) is 12.8 Å². The number of aryl methyl sites for hydroxylation is 1. The lowest BCUT2D eigenvalue weighted by Crippen LogP contribution is -2.62. The summed E-state index contributed by atoms with van der Waals surface area (Å²) in [5.41, 5.74) is 1.28. The van der Waals surface area contributed by atoms with Gasteiger partial charge in [0.25, 0.3) is 5.91 Å². The molecule has 2 amide bonds. The van der Waals surface area contributed by atoms with Gasteiger partial charge in [0, 0.05) is 50.4 Å². The maximum absolute atomic E-state index is 12.9. The highest BCUT2D eigenvalue weighted by Crippen LogP contribution is 2.35. The van der Waals surface area contributed by atoms with Gasteiger partial charge in [-0.15, -0.1) is 0 Å². The third-order valence-electron chi connectivity index (χ3n) is 6.39. The molecule has 1 N–H and O–H groups in total. The zero-order valence-electron chi connectivity index (χ0n) is 15.8. The van der Waals surface area contributed by atoms with Crippen molar-refractivity contribution in [1.82, 2.24) is 24.9 Å². The highest BCUT2D eigenvalue weighted by Gasteiger charge is 2.44. The Balaban J connectivity index is 1.48. The first-order chi connectivity index (χ1) is 12.5. The Hall–Kier alpha value is -1.89. The molecule has 1 atom stereocenters. The van der Waals surface area contributed by atoms with Gasteiger partial charge in [-0.2, -0.15) is 5.10 Å². The van der Waals surface area contributed by atoms with Gasteiger partial charge in [-0.1, -0.05) is 0 Å². The van der Waals surface area contributed by atoms with E-state index in [-0.39, 0.29) is 17.4 Å². The zero-order chi connectivity index (χ0) is 18.3. The van der Waals surface area contributed by atoms with Gasteiger partial charge < -0.3 is 9.80 Å². The summed E-state index contributed by atoms with van der Waals surface area (Å²) in [6.45, 7) is 5.87. The van der Waals surface area contributed by atoms with Crippen LogP contribution in [-0.4, -0.2) is 82.0 Å². The van der Waals surface area contributed by atoms with Gasteiger partial charge in [0.05, 0.1) is 0 Å². The largest absolute Gasteiger partial charge is 0.342 e. The highest BCUT2D eigenvalue weighted by atomic mass is 16.2. The standard InChI is InChI=1S/C19H29N5O2/c1-14-11-16(21-20-14)18(26)24-10-9-22(2)19(13-24)6-5-17(25)23(8-7-19)12-15-3-4-15/h11,15H,3-10,12-13H2,1-2H3,(H,20,21)/t19-/m0/s1. The number of H-pyrrole nitrogens is 1. The topological polar surface area (TPSA) is 72.5 Å². The molecule has 2 aliphatic heterocycles. The fourth-order valence-corrected chi connectivity index (χ4v) is 4.36. The number of aromatic nitrogens is 2. The number of carbonyl (C=O) groups is 2. The molecule has 0 aromatic carbocycles. The molecule has 7 heteroatoms. The predicted molar refractivity (Wildman–Crippen MR) is 97.7 cm³/mol. The molecule has 26 heavy (non-hydrogen) atoms. The van der Waals surface area contributed by atoms with Crippen molar-refractivity contribution in [2.75, 3.05) is 39.8 Å². The first kappa shape index (κ1) is 17.5. The van der Waals surface area contributed by atoms with E-state index in [1.807, 2.05) is 11.8 Å². The fourth-order valence-electron chi connectivity index (χ4n) is 4.36. The molecule has 7 nitrogen and oxygen atoms in total. The maximum atomic E-state index is 12.9.